The zero-order chi connectivity index (χ0) is 21.2. The van der Waals surface area contributed by atoms with Crippen molar-refractivity contribution in [1.82, 2.24) is 0 Å². The SMILES string of the molecule is CN(C)c1ccc(/C=C2/CCC[C@@H]3C2=NN(c2ccccc2)[C@@H]3c2ccccc2)cc1. The van der Waals surface area contributed by atoms with Gasteiger partial charge < -0.3 is 4.90 Å². The van der Waals surface area contributed by atoms with E-state index < -0.39 is 0 Å². The predicted octanol–water partition coefficient (Wildman–Crippen LogP) is 6.55. The maximum absolute atomic E-state index is 5.23. The Morgan fingerprint density at radius 1 is 0.871 bits per heavy atom. The Morgan fingerprint density at radius 3 is 2.23 bits per heavy atom. The molecular weight excluding hydrogens is 378 g/mol. The van der Waals surface area contributed by atoms with Gasteiger partial charge in [0.05, 0.1) is 17.4 Å². The highest BCUT2D eigenvalue weighted by Crippen LogP contribution is 2.46. The Kier molecular flexibility index (Phi) is 5.33. The van der Waals surface area contributed by atoms with E-state index in [2.05, 4.69) is 115 Å². The van der Waals surface area contributed by atoms with Gasteiger partial charge in [-0.05, 0) is 66.3 Å². The van der Waals surface area contributed by atoms with E-state index in [0.29, 0.717) is 5.92 Å². The zero-order valence-corrected chi connectivity index (χ0v) is 18.3. The first-order chi connectivity index (χ1) is 15.2. The zero-order valence-electron chi connectivity index (χ0n) is 18.3. The number of allylic oxidation sites excluding steroid dienone is 1. The van der Waals surface area contributed by atoms with Crippen molar-refractivity contribution in [2.24, 2.45) is 11.0 Å². The fourth-order valence-corrected chi connectivity index (χ4v) is 4.85. The fourth-order valence-electron chi connectivity index (χ4n) is 4.85. The highest BCUT2D eigenvalue weighted by atomic mass is 15.5. The molecule has 1 saturated carbocycles. The molecule has 0 amide bonds. The topological polar surface area (TPSA) is 18.8 Å². The fraction of sp³-hybridized carbons (Fsp3) is 0.250. The maximum atomic E-state index is 5.23. The van der Waals surface area contributed by atoms with Gasteiger partial charge in [-0.15, -0.1) is 0 Å². The second-order valence-electron chi connectivity index (χ2n) is 8.68. The van der Waals surface area contributed by atoms with Crippen LogP contribution in [-0.4, -0.2) is 19.8 Å². The molecule has 0 unspecified atom stereocenters. The lowest BCUT2D eigenvalue weighted by Gasteiger charge is -2.30. The van der Waals surface area contributed by atoms with E-state index in [1.165, 1.54) is 40.9 Å². The molecule has 2 aliphatic rings. The smallest absolute Gasteiger partial charge is 0.0859 e. The van der Waals surface area contributed by atoms with E-state index in [4.69, 9.17) is 5.10 Å². The maximum Gasteiger partial charge on any atom is 0.0859 e. The molecule has 3 nitrogen and oxygen atoms in total. The molecule has 1 fully saturated rings. The third-order valence-electron chi connectivity index (χ3n) is 6.41. The van der Waals surface area contributed by atoms with Gasteiger partial charge in [0, 0.05) is 25.7 Å². The van der Waals surface area contributed by atoms with Crippen LogP contribution in [0, 0.1) is 5.92 Å². The number of fused-ring (bicyclic) bond motifs is 1. The Hall–Kier alpha value is -3.33. The molecule has 3 aromatic rings. The molecule has 0 N–H and O–H groups in total. The lowest BCUT2D eigenvalue weighted by Crippen LogP contribution is -2.28. The molecule has 2 atom stereocenters. The Labute approximate surface area is 185 Å². The third kappa shape index (κ3) is 3.88. The van der Waals surface area contributed by atoms with E-state index in [1.54, 1.807) is 0 Å². The number of hydrogen-bond donors (Lipinski definition) is 0. The Bertz CT molecular complexity index is 1080. The molecule has 0 spiro atoms. The quantitative estimate of drug-likeness (QED) is 0.488. The molecule has 1 aliphatic heterocycles. The van der Waals surface area contributed by atoms with Gasteiger partial charge in [0.15, 0.2) is 0 Å². The molecule has 1 aliphatic carbocycles. The minimum atomic E-state index is 0.249. The second kappa shape index (κ2) is 8.43. The highest BCUT2D eigenvalue weighted by molar-refractivity contribution is 6.08. The first-order valence-electron chi connectivity index (χ1n) is 11.2. The van der Waals surface area contributed by atoms with Crippen molar-refractivity contribution in [1.29, 1.82) is 0 Å². The molecule has 3 heteroatoms. The molecule has 0 aromatic heterocycles. The van der Waals surface area contributed by atoms with Gasteiger partial charge in [0.25, 0.3) is 0 Å². The van der Waals surface area contributed by atoms with Gasteiger partial charge >= 0.3 is 0 Å². The van der Waals surface area contributed by atoms with Gasteiger partial charge in [0.2, 0.25) is 0 Å². The predicted molar refractivity (Wildman–Crippen MR) is 132 cm³/mol. The van der Waals surface area contributed by atoms with Crippen molar-refractivity contribution < 1.29 is 0 Å². The van der Waals surface area contributed by atoms with Crippen molar-refractivity contribution in [2.75, 3.05) is 24.0 Å². The van der Waals surface area contributed by atoms with Crippen molar-refractivity contribution >= 4 is 23.2 Å². The summed E-state index contributed by atoms with van der Waals surface area (Å²) < 4.78 is 0. The lowest BCUT2D eigenvalue weighted by molar-refractivity contribution is 0.488. The molecule has 0 saturated heterocycles. The lowest BCUT2D eigenvalue weighted by atomic mass is 9.77. The number of rotatable bonds is 4. The Morgan fingerprint density at radius 2 is 1.55 bits per heavy atom. The highest BCUT2D eigenvalue weighted by Gasteiger charge is 2.41. The normalized spacial score (nSPS) is 21.7. The average molecular weight is 408 g/mol. The number of para-hydroxylation sites is 1. The largest absolute Gasteiger partial charge is 0.378 e. The average Bonchev–Trinajstić information content (AvgIpc) is 3.21. The van der Waals surface area contributed by atoms with Gasteiger partial charge in [-0.3, -0.25) is 5.01 Å². The summed E-state index contributed by atoms with van der Waals surface area (Å²) in [5, 5.41) is 7.49. The van der Waals surface area contributed by atoms with E-state index in [-0.39, 0.29) is 6.04 Å². The number of hydrogen-bond acceptors (Lipinski definition) is 3. The van der Waals surface area contributed by atoms with Crippen molar-refractivity contribution in [3.05, 3.63) is 102 Å². The summed E-state index contributed by atoms with van der Waals surface area (Å²) in [4.78, 5) is 2.14. The van der Waals surface area contributed by atoms with Crippen molar-refractivity contribution in [2.45, 2.75) is 25.3 Å². The van der Waals surface area contributed by atoms with Crippen LogP contribution >= 0.6 is 0 Å². The van der Waals surface area contributed by atoms with Crippen LogP contribution in [-0.2, 0) is 0 Å². The number of hydrazone groups is 1. The summed E-state index contributed by atoms with van der Waals surface area (Å²) >= 11 is 0. The first kappa shape index (κ1) is 19.6. The minimum absolute atomic E-state index is 0.249. The van der Waals surface area contributed by atoms with Crippen LogP contribution in [0.5, 0.6) is 0 Å². The monoisotopic (exact) mass is 407 g/mol. The summed E-state index contributed by atoms with van der Waals surface area (Å²) in [6.45, 7) is 0. The molecule has 0 bridgehead atoms. The van der Waals surface area contributed by atoms with Gasteiger partial charge in [-0.2, -0.15) is 5.10 Å². The minimum Gasteiger partial charge on any atom is -0.378 e. The summed E-state index contributed by atoms with van der Waals surface area (Å²) in [5.41, 5.74) is 7.62. The second-order valence-corrected chi connectivity index (χ2v) is 8.68. The van der Waals surface area contributed by atoms with E-state index in [0.717, 1.165) is 12.1 Å². The summed E-state index contributed by atoms with van der Waals surface area (Å²) in [5.74, 6) is 0.420. The molecule has 1 heterocycles. The molecule has 0 radical (unpaired) electrons. The first-order valence-corrected chi connectivity index (χ1v) is 11.2. The molecule has 3 aromatic carbocycles. The third-order valence-corrected chi connectivity index (χ3v) is 6.41. The van der Waals surface area contributed by atoms with Crippen molar-refractivity contribution in [3.63, 3.8) is 0 Å². The summed E-state index contributed by atoms with van der Waals surface area (Å²) in [6, 6.07) is 30.5. The van der Waals surface area contributed by atoms with Crippen LogP contribution in [0.25, 0.3) is 6.08 Å². The van der Waals surface area contributed by atoms with E-state index in [1.807, 2.05) is 0 Å². The van der Waals surface area contributed by atoms with Crippen LogP contribution in [0.4, 0.5) is 11.4 Å². The van der Waals surface area contributed by atoms with Crippen LogP contribution < -0.4 is 9.91 Å². The molecular formula is C28H29N3. The summed E-state index contributed by atoms with van der Waals surface area (Å²) in [7, 11) is 4.16. The number of nitrogens with zero attached hydrogens (tertiary/aromatic N) is 3. The van der Waals surface area contributed by atoms with Gasteiger partial charge in [-0.1, -0.05) is 60.7 Å². The standard InChI is InChI=1S/C28H29N3/c1-30(2)24-18-16-21(17-19-24)20-23-12-9-15-26-27(23)29-31(25-13-7-4-8-14-25)28(26)22-10-5-3-6-11-22/h3-8,10-11,13-14,16-20,26,28H,9,12,15H2,1-2H3/b23-20-/t26-,28-/m1/s1. The van der Waals surface area contributed by atoms with E-state index in [9.17, 15) is 0 Å². The van der Waals surface area contributed by atoms with E-state index >= 15 is 0 Å². The Balaban J connectivity index is 1.54. The summed E-state index contributed by atoms with van der Waals surface area (Å²) in [6.07, 6.45) is 5.83. The molecule has 31 heavy (non-hydrogen) atoms. The van der Waals surface area contributed by atoms with Crippen LogP contribution in [0.15, 0.2) is 95.6 Å². The van der Waals surface area contributed by atoms with Gasteiger partial charge in [0.1, 0.15) is 0 Å². The van der Waals surface area contributed by atoms with Crippen LogP contribution in [0.1, 0.15) is 36.4 Å². The number of anilines is 2. The molecule has 156 valence electrons. The molecule has 5 rings (SSSR count). The number of benzene rings is 3. The van der Waals surface area contributed by atoms with Crippen molar-refractivity contribution in [3.8, 4) is 0 Å². The van der Waals surface area contributed by atoms with Gasteiger partial charge in [-0.25, -0.2) is 0 Å². The van der Waals surface area contributed by atoms with Crippen LogP contribution in [0.2, 0.25) is 0 Å². The van der Waals surface area contributed by atoms with Crippen LogP contribution in [0.3, 0.4) is 0 Å².